The molecule has 0 amide bonds. The summed E-state index contributed by atoms with van der Waals surface area (Å²) in [6, 6.07) is -0.0884. The van der Waals surface area contributed by atoms with E-state index in [-0.39, 0.29) is 23.3 Å². The molecular formula is C9H21NO4S2. The lowest BCUT2D eigenvalue weighted by atomic mass is 10.2. The Balaban J connectivity index is 4.34. The molecule has 0 spiro atoms. The van der Waals surface area contributed by atoms with Crippen molar-refractivity contribution in [1.82, 2.24) is 5.32 Å². The number of hydrogen-bond acceptors (Lipinski definition) is 5. The highest BCUT2D eigenvalue weighted by atomic mass is 32.2. The first-order valence-corrected chi connectivity index (χ1v) is 9.20. The molecule has 0 bridgehead atoms. The van der Waals surface area contributed by atoms with Crippen LogP contribution in [0.15, 0.2) is 0 Å². The maximum absolute atomic E-state index is 11.6. The topological polar surface area (TPSA) is 80.3 Å². The zero-order valence-electron chi connectivity index (χ0n) is 10.1. The molecule has 16 heavy (non-hydrogen) atoms. The second-order valence-electron chi connectivity index (χ2n) is 3.91. The van der Waals surface area contributed by atoms with Crippen LogP contribution in [0.1, 0.15) is 20.3 Å². The van der Waals surface area contributed by atoms with Crippen molar-refractivity contribution in [1.29, 1.82) is 0 Å². The average molecular weight is 271 g/mol. The largest absolute Gasteiger partial charge is 0.313 e. The lowest BCUT2D eigenvalue weighted by Crippen LogP contribution is -2.36. The van der Waals surface area contributed by atoms with Crippen molar-refractivity contribution in [2.24, 2.45) is 0 Å². The summed E-state index contributed by atoms with van der Waals surface area (Å²) >= 11 is 0. The lowest BCUT2D eigenvalue weighted by molar-refractivity contribution is 0.534. The minimum Gasteiger partial charge on any atom is -0.313 e. The van der Waals surface area contributed by atoms with E-state index in [9.17, 15) is 16.8 Å². The van der Waals surface area contributed by atoms with Crippen LogP contribution >= 0.6 is 0 Å². The SMILES string of the molecule is CCNC(CC)CS(=O)(=O)CCS(C)(=O)=O. The van der Waals surface area contributed by atoms with Crippen LogP contribution in [0.4, 0.5) is 0 Å². The molecular weight excluding hydrogens is 250 g/mol. The van der Waals surface area contributed by atoms with E-state index < -0.39 is 19.7 Å². The summed E-state index contributed by atoms with van der Waals surface area (Å²) in [7, 11) is -6.50. The molecule has 0 saturated carbocycles. The first-order chi connectivity index (χ1) is 7.20. The summed E-state index contributed by atoms with van der Waals surface area (Å²) in [5.41, 5.74) is 0. The Labute approximate surface area is 98.5 Å². The quantitative estimate of drug-likeness (QED) is 0.663. The van der Waals surface area contributed by atoms with Gasteiger partial charge >= 0.3 is 0 Å². The summed E-state index contributed by atoms with van der Waals surface area (Å²) in [5, 5.41) is 3.06. The third-order valence-corrected chi connectivity index (χ3v) is 5.15. The van der Waals surface area contributed by atoms with Crippen molar-refractivity contribution in [2.75, 3.05) is 30.1 Å². The van der Waals surface area contributed by atoms with Crippen LogP contribution in [0.25, 0.3) is 0 Å². The van der Waals surface area contributed by atoms with Crippen LogP contribution in [0, 0.1) is 0 Å². The van der Waals surface area contributed by atoms with Gasteiger partial charge in [0.05, 0.1) is 17.3 Å². The van der Waals surface area contributed by atoms with E-state index >= 15 is 0 Å². The summed E-state index contributed by atoms with van der Waals surface area (Å²) in [5.74, 6) is -0.571. The van der Waals surface area contributed by atoms with Gasteiger partial charge in [-0.15, -0.1) is 0 Å². The highest BCUT2D eigenvalue weighted by Crippen LogP contribution is 2.00. The summed E-state index contributed by atoms with van der Waals surface area (Å²) < 4.78 is 45.0. The van der Waals surface area contributed by atoms with E-state index in [1.54, 1.807) is 0 Å². The molecule has 0 aromatic rings. The summed E-state index contributed by atoms with van der Waals surface area (Å²) in [4.78, 5) is 0. The van der Waals surface area contributed by atoms with Gasteiger partial charge in [0.1, 0.15) is 9.84 Å². The maximum atomic E-state index is 11.6. The Bertz CT molecular complexity index is 386. The number of rotatable bonds is 8. The van der Waals surface area contributed by atoms with Gasteiger partial charge in [0.15, 0.2) is 9.84 Å². The van der Waals surface area contributed by atoms with E-state index in [0.717, 1.165) is 6.26 Å². The second-order valence-corrected chi connectivity index (χ2v) is 8.40. The molecule has 0 aliphatic carbocycles. The number of hydrogen-bond donors (Lipinski definition) is 1. The van der Waals surface area contributed by atoms with Crippen molar-refractivity contribution in [3.05, 3.63) is 0 Å². The monoisotopic (exact) mass is 271 g/mol. The predicted octanol–water partition coefficient (Wildman–Crippen LogP) is -0.166. The highest BCUT2D eigenvalue weighted by Gasteiger charge is 2.19. The predicted molar refractivity (Wildman–Crippen MR) is 66.1 cm³/mol. The Kier molecular flexibility index (Phi) is 6.50. The fourth-order valence-electron chi connectivity index (χ4n) is 1.28. The Morgan fingerprint density at radius 2 is 1.62 bits per heavy atom. The van der Waals surface area contributed by atoms with E-state index in [1.807, 2.05) is 13.8 Å². The molecule has 1 unspecified atom stereocenters. The van der Waals surface area contributed by atoms with Gasteiger partial charge in [-0.2, -0.15) is 0 Å². The fraction of sp³-hybridized carbons (Fsp3) is 1.00. The van der Waals surface area contributed by atoms with Gasteiger partial charge in [0, 0.05) is 12.3 Å². The van der Waals surface area contributed by atoms with Gasteiger partial charge in [0.25, 0.3) is 0 Å². The molecule has 1 atom stereocenters. The molecule has 0 radical (unpaired) electrons. The minimum absolute atomic E-state index is 0.00681. The van der Waals surface area contributed by atoms with Gasteiger partial charge in [0.2, 0.25) is 0 Å². The number of sulfone groups is 2. The third kappa shape index (κ3) is 8.06. The van der Waals surface area contributed by atoms with E-state index in [2.05, 4.69) is 5.32 Å². The van der Waals surface area contributed by atoms with Crippen LogP contribution in [-0.2, 0) is 19.7 Å². The first-order valence-electron chi connectivity index (χ1n) is 5.31. The molecule has 0 aliphatic heterocycles. The Hall–Kier alpha value is -0.140. The van der Waals surface area contributed by atoms with Crippen molar-refractivity contribution in [2.45, 2.75) is 26.3 Å². The van der Waals surface area contributed by atoms with Gasteiger partial charge in [-0.3, -0.25) is 0 Å². The molecule has 0 aromatic carbocycles. The van der Waals surface area contributed by atoms with Crippen molar-refractivity contribution in [3.8, 4) is 0 Å². The van der Waals surface area contributed by atoms with Crippen LogP contribution in [0.3, 0.4) is 0 Å². The Morgan fingerprint density at radius 3 is 2.00 bits per heavy atom. The molecule has 98 valence electrons. The van der Waals surface area contributed by atoms with Crippen LogP contribution in [0.2, 0.25) is 0 Å². The summed E-state index contributed by atoms with van der Waals surface area (Å²) in [6.45, 7) is 4.52. The van der Waals surface area contributed by atoms with Crippen LogP contribution < -0.4 is 5.32 Å². The van der Waals surface area contributed by atoms with Gasteiger partial charge in [-0.25, -0.2) is 16.8 Å². The maximum Gasteiger partial charge on any atom is 0.152 e. The molecule has 7 heteroatoms. The van der Waals surface area contributed by atoms with Crippen molar-refractivity contribution < 1.29 is 16.8 Å². The van der Waals surface area contributed by atoms with Gasteiger partial charge in [-0.05, 0) is 13.0 Å². The van der Waals surface area contributed by atoms with Gasteiger partial charge in [-0.1, -0.05) is 13.8 Å². The normalized spacial score (nSPS) is 14.9. The lowest BCUT2D eigenvalue weighted by Gasteiger charge is -2.15. The molecule has 5 nitrogen and oxygen atoms in total. The summed E-state index contributed by atoms with van der Waals surface area (Å²) in [6.07, 6.45) is 1.76. The van der Waals surface area contributed by atoms with Crippen molar-refractivity contribution in [3.63, 3.8) is 0 Å². The molecule has 0 rings (SSSR count). The fourth-order valence-corrected chi connectivity index (χ4v) is 4.64. The molecule has 0 heterocycles. The molecule has 0 saturated heterocycles. The molecule has 0 aliphatic rings. The second kappa shape index (κ2) is 6.56. The van der Waals surface area contributed by atoms with E-state index in [4.69, 9.17) is 0 Å². The third-order valence-electron chi connectivity index (χ3n) is 2.21. The smallest absolute Gasteiger partial charge is 0.152 e. The molecule has 1 N–H and O–H groups in total. The van der Waals surface area contributed by atoms with Crippen LogP contribution in [0.5, 0.6) is 0 Å². The zero-order valence-corrected chi connectivity index (χ0v) is 11.7. The highest BCUT2D eigenvalue weighted by molar-refractivity contribution is 7.94. The zero-order chi connectivity index (χ0) is 12.8. The molecule has 0 fully saturated rings. The minimum atomic E-state index is -3.29. The molecule has 0 aromatic heterocycles. The van der Waals surface area contributed by atoms with E-state index in [0.29, 0.717) is 13.0 Å². The first kappa shape index (κ1) is 15.9. The number of nitrogens with one attached hydrogen (secondary N) is 1. The van der Waals surface area contributed by atoms with Crippen LogP contribution in [-0.4, -0.2) is 52.9 Å². The Morgan fingerprint density at radius 1 is 1.06 bits per heavy atom. The van der Waals surface area contributed by atoms with E-state index in [1.165, 1.54) is 0 Å². The van der Waals surface area contributed by atoms with Crippen molar-refractivity contribution >= 4 is 19.7 Å². The van der Waals surface area contributed by atoms with Gasteiger partial charge < -0.3 is 5.32 Å². The standard InChI is InChI=1S/C9H21NO4S2/c1-4-9(10-5-2)8-16(13,14)7-6-15(3,11)12/h9-10H,4-8H2,1-3H3. The average Bonchev–Trinajstić information content (AvgIpc) is 2.13.